The highest BCUT2D eigenvalue weighted by Crippen LogP contribution is 2.15. The van der Waals surface area contributed by atoms with Gasteiger partial charge >= 0.3 is 0 Å². The van der Waals surface area contributed by atoms with Gasteiger partial charge in [0.15, 0.2) is 0 Å². The normalized spacial score (nSPS) is 16.6. The Morgan fingerprint density at radius 1 is 1.04 bits per heavy atom. The number of nitrogens with one attached hydrogen (secondary N) is 1. The van der Waals surface area contributed by atoms with E-state index in [2.05, 4.69) is 10.2 Å². The summed E-state index contributed by atoms with van der Waals surface area (Å²) in [5.74, 6) is 0.0743. The van der Waals surface area contributed by atoms with Crippen molar-refractivity contribution in [1.82, 2.24) is 9.80 Å². The molecule has 1 saturated heterocycles. The molecule has 24 heavy (non-hydrogen) atoms. The molecule has 0 aliphatic carbocycles. The smallest absolute Gasteiger partial charge is 0.264 e. The molecule has 1 aliphatic heterocycles. The van der Waals surface area contributed by atoms with Crippen LogP contribution in [-0.2, 0) is 4.79 Å². The molecule has 126 valence electrons. The highest BCUT2D eigenvalue weighted by atomic mass is 32.1. The van der Waals surface area contributed by atoms with Crippen molar-refractivity contribution in [2.75, 3.05) is 31.5 Å². The zero-order valence-electron chi connectivity index (χ0n) is 13.6. The molecule has 2 aromatic rings. The molecule has 0 unspecified atom stereocenters. The van der Waals surface area contributed by atoms with Gasteiger partial charge in [0.05, 0.1) is 10.9 Å². The lowest BCUT2D eigenvalue weighted by Gasteiger charge is -2.37. The fourth-order valence-corrected chi connectivity index (χ4v) is 3.49. The van der Waals surface area contributed by atoms with E-state index in [1.807, 2.05) is 59.7 Å². The van der Waals surface area contributed by atoms with Crippen LogP contribution in [0.2, 0.25) is 0 Å². The van der Waals surface area contributed by atoms with Crippen LogP contribution in [0.25, 0.3) is 0 Å². The van der Waals surface area contributed by atoms with Gasteiger partial charge in [-0.15, -0.1) is 11.3 Å². The predicted octanol–water partition coefficient (Wildman–Crippen LogP) is 2.53. The van der Waals surface area contributed by atoms with Crippen molar-refractivity contribution < 1.29 is 9.59 Å². The van der Waals surface area contributed by atoms with Gasteiger partial charge in [-0.3, -0.25) is 14.5 Å². The molecule has 1 N–H and O–H groups in total. The van der Waals surface area contributed by atoms with Gasteiger partial charge in [-0.1, -0.05) is 24.3 Å². The molecule has 1 atom stereocenters. The molecule has 0 spiro atoms. The third-order valence-electron chi connectivity index (χ3n) is 4.30. The lowest BCUT2D eigenvalue weighted by molar-refractivity contribution is -0.121. The molecule has 1 aliphatic rings. The number of hydrogen-bond acceptors (Lipinski definition) is 4. The molecular formula is C18H21N3O2S. The van der Waals surface area contributed by atoms with Gasteiger partial charge in [-0.2, -0.15) is 0 Å². The summed E-state index contributed by atoms with van der Waals surface area (Å²) < 4.78 is 0. The summed E-state index contributed by atoms with van der Waals surface area (Å²) in [4.78, 5) is 29.5. The molecule has 2 amide bonds. The van der Waals surface area contributed by atoms with Crippen LogP contribution >= 0.6 is 11.3 Å². The van der Waals surface area contributed by atoms with E-state index in [9.17, 15) is 9.59 Å². The number of carbonyl (C=O) groups is 2. The summed E-state index contributed by atoms with van der Waals surface area (Å²) in [6.45, 7) is 4.63. The Balaban J connectivity index is 1.52. The molecule has 1 fully saturated rings. The van der Waals surface area contributed by atoms with Gasteiger partial charge in [0.1, 0.15) is 0 Å². The maximum atomic E-state index is 12.4. The zero-order valence-corrected chi connectivity index (χ0v) is 14.5. The van der Waals surface area contributed by atoms with Gasteiger partial charge in [-0.25, -0.2) is 0 Å². The summed E-state index contributed by atoms with van der Waals surface area (Å²) in [5, 5.41) is 4.85. The van der Waals surface area contributed by atoms with Crippen LogP contribution in [0.15, 0.2) is 47.8 Å². The molecule has 2 heterocycles. The minimum atomic E-state index is -0.218. The fraction of sp³-hybridized carbons (Fsp3) is 0.333. The second-order valence-corrected chi connectivity index (χ2v) is 6.78. The van der Waals surface area contributed by atoms with Crippen molar-refractivity contribution >= 4 is 28.8 Å². The molecule has 1 aromatic carbocycles. The van der Waals surface area contributed by atoms with Crippen LogP contribution in [0.4, 0.5) is 5.69 Å². The Hall–Kier alpha value is -2.18. The SMILES string of the molecule is C[C@H](C(=O)Nc1ccccc1)N1CCN(C(=O)c2cccs2)CC1. The Bertz CT molecular complexity index is 680. The number of anilines is 1. The summed E-state index contributed by atoms with van der Waals surface area (Å²) in [7, 11) is 0. The molecular weight excluding hydrogens is 322 g/mol. The second kappa shape index (κ2) is 7.59. The average Bonchev–Trinajstić information content (AvgIpc) is 3.16. The zero-order chi connectivity index (χ0) is 16.9. The fourth-order valence-electron chi connectivity index (χ4n) is 2.80. The molecule has 6 heteroatoms. The lowest BCUT2D eigenvalue weighted by Crippen LogP contribution is -2.53. The maximum absolute atomic E-state index is 12.4. The Kier molecular flexibility index (Phi) is 5.27. The summed E-state index contributed by atoms with van der Waals surface area (Å²) in [6.07, 6.45) is 0. The van der Waals surface area contributed by atoms with Crippen LogP contribution in [0.3, 0.4) is 0 Å². The van der Waals surface area contributed by atoms with Crippen molar-refractivity contribution in [3.63, 3.8) is 0 Å². The first-order valence-electron chi connectivity index (χ1n) is 8.08. The van der Waals surface area contributed by atoms with E-state index in [0.29, 0.717) is 26.2 Å². The van der Waals surface area contributed by atoms with Gasteiger partial charge in [0.25, 0.3) is 5.91 Å². The molecule has 3 rings (SSSR count). The van der Waals surface area contributed by atoms with Gasteiger partial charge < -0.3 is 10.2 Å². The first-order valence-corrected chi connectivity index (χ1v) is 8.96. The minimum absolute atomic E-state index is 0.0146. The van der Waals surface area contributed by atoms with Gasteiger partial charge in [-0.05, 0) is 30.5 Å². The Morgan fingerprint density at radius 3 is 2.38 bits per heavy atom. The van der Waals surface area contributed by atoms with Gasteiger partial charge in [0, 0.05) is 31.9 Å². The van der Waals surface area contributed by atoms with E-state index in [-0.39, 0.29) is 17.9 Å². The molecule has 5 nitrogen and oxygen atoms in total. The largest absolute Gasteiger partial charge is 0.335 e. The van der Waals surface area contributed by atoms with E-state index in [0.717, 1.165) is 10.6 Å². The lowest BCUT2D eigenvalue weighted by atomic mass is 10.2. The summed E-state index contributed by atoms with van der Waals surface area (Å²) in [6, 6.07) is 13.0. The third kappa shape index (κ3) is 3.83. The van der Waals surface area contributed by atoms with Gasteiger partial charge in [0.2, 0.25) is 5.91 Å². The van der Waals surface area contributed by atoms with E-state index < -0.39 is 0 Å². The minimum Gasteiger partial charge on any atom is -0.335 e. The average molecular weight is 343 g/mol. The van der Waals surface area contributed by atoms with Crippen molar-refractivity contribution in [3.05, 3.63) is 52.7 Å². The van der Waals surface area contributed by atoms with Crippen molar-refractivity contribution in [2.45, 2.75) is 13.0 Å². The number of hydrogen-bond donors (Lipinski definition) is 1. The van der Waals surface area contributed by atoms with Crippen LogP contribution < -0.4 is 5.32 Å². The van der Waals surface area contributed by atoms with E-state index in [1.54, 1.807) is 0 Å². The van der Waals surface area contributed by atoms with Crippen molar-refractivity contribution in [1.29, 1.82) is 0 Å². The van der Waals surface area contributed by atoms with Crippen LogP contribution in [-0.4, -0.2) is 53.8 Å². The Labute approximate surface area is 145 Å². The number of para-hydroxylation sites is 1. The number of thiophene rings is 1. The molecule has 0 radical (unpaired) electrons. The topological polar surface area (TPSA) is 52.7 Å². The maximum Gasteiger partial charge on any atom is 0.264 e. The van der Waals surface area contributed by atoms with Crippen molar-refractivity contribution in [2.24, 2.45) is 0 Å². The molecule has 0 bridgehead atoms. The monoisotopic (exact) mass is 343 g/mol. The summed E-state index contributed by atoms with van der Waals surface area (Å²) >= 11 is 1.47. The van der Waals surface area contributed by atoms with E-state index in [4.69, 9.17) is 0 Å². The van der Waals surface area contributed by atoms with Crippen molar-refractivity contribution in [3.8, 4) is 0 Å². The highest BCUT2D eigenvalue weighted by molar-refractivity contribution is 7.12. The number of carbonyl (C=O) groups excluding carboxylic acids is 2. The van der Waals surface area contributed by atoms with Crippen LogP contribution in [0, 0.1) is 0 Å². The van der Waals surface area contributed by atoms with E-state index in [1.165, 1.54) is 11.3 Å². The highest BCUT2D eigenvalue weighted by Gasteiger charge is 2.28. The number of amides is 2. The third-order valence-corrected chi connectivity index (χ3v) is 5.16. The first-order chi connectivity index (χ1) is 11.6. The van der Waals surface area contributed by atoms with Crippen LogP contribution in [0.5, 0.6) is 0 Å². The number of benzene rings is 1. The molecule has 0 saturated carbocycles. The van der Waals surface area contributed by atoms with Crippen LogP contribution in [0.1, 0.15) is 16.6 Å². The van der Waals surface area contributed by atoms with E-state index >= 15 is 0 Å². The second-order valence-electron chi connectivity index (χ2n) is 5.84. The number of piperazine rings is 1. The first kappa shape index (κ1) is 16.7. The Morgan fingerprint density at radius 2 is 1.75 bits per heavy atom. The number of rotatable bonds is 4. The summed E-state index contributed by atoms with van der Waals surface area (Å²) in [5.41, 5.74) is 0.806. The quantitative estimate of drug-likeness (QED) is 0.928. The molecule has 1 aromatic heterocycles. The number of nitrogens with zero attached hydrogens (tertiary/aromatic N) is 2. The standard InChI is InChI=1S/C18H21N3O2S/c1-14(17(22)19-15-6-3-2-4-7-15)20-9-11-21(12-10-20)18(23)16-8-5-13-24-16/h2-8,13-14H,9-12H2,1H3,(H,19,22)/t14-/m1/s1. The predicted molar refractivity (Wildman–Crippen MR) is 96.3 cm³/mol.